The third kappa shape index (κ3) is 8.10. The molecule has 0 saturated carbocycles. The van der Waals surface area contributed by atoms with Gasteiger partial charge in [0.15, 0.2) is 5.16 Å². The van der Waals surface area contributed by atoms with Crippen molar-refractivity contribution >= 4 is 23.7 Å². The molecule has 1 saturated heterocycles. The number of thioether (sulfide) groups is 1. The van der Waals surface area contributed by atoms with Crippen LogP contribution in [-0.4, -0.2) is 57.6 Å². The van der Waals surface area contributed by atoms with Crippen LogP contribution in [0.15, 0.2) is 23.6 Å². The van der Waals surface area contributed by atoms with Crippen LogP contribution in [0.4, 0.5) is 0 Å². The third-order valence-electron chi connectivity index (χ3n) is 2.82. The Labute approximate surface area is 126 Å². The average molecular weight is 314 g/mol. The quantitative estimate of drug-likeness (QED) is 0.547. The van der Waals surface area contributed by atoms with Crippen molar-refractivity contribution in [2.45, 2.75) is 23.2 Å². The van der Waals surface area contributed by atoms with E-state index in [0.717, 1.165) is 10.4 Å². The van der Waals surface area contributed by atoms with Crippen molar-refractivity contribution in [3.63, 3.8) is 0 Å². The van der Waals surface area contributed by atoms with Gasteiger partial charge in [-0.1, -0.05) is 11.8 Å². The molecule has 3 N–H and O–H groups in total. The maximum atomic E-state index is 9.53. The number of aromatic amines is 1. The Bertz CT molecular complexity index is 454. The van der Waals surface area contributed by atoms with Crippen molar-refractivity contribution in [2.24, 2.45) is 0 Å². The van der Waals surface area contributed by atoms with E-state index in [2.05, 4.69) is 22.2 Å². The summed E-state index contributed by atoms with van der Waals surface area (Å²) < 4.78 is 0. The molecule has 2 rings (SSSR count). The molecule has 1 aromatic rings. The lowest BCUT2D eigenvalue weighted by atomic mass is 10.1. The van der Waals surface area contributed by atoms with Gasteiger partial charge in [-0.25, -0.2) is 9.78 Å². The monoisotopic (exact) mass is 314 g/mol. The summed E-state index contributed by atoms with van der Waals surface area (Å²) in [5.41, 5.74) is 0. The number of nitrogens with one attached hydrogen (secondary N) is 2. The van der Waals surface area contributed by atoms with Gasteiger partial charge in [-0.05, 0) is 6.08 Å². The van der Waals surface area contributed by atoms with Crippen LogP contribution < -0.4 is 10.0 Å². The van der Waals surface area contributed by atoms with Crippen molar-refractivity contribution in [2.75, 3.05) is 20.1 Å². The van der Waals surface area contributed by atoms with Gasteiger partial charge in [-0.15, -0.1) is 0 Å². The second kappa shape index (κ2) is 9.14. The van der Waals surface area contributed by atoms with E-state index in [-0.39, 0.29) is 0 Å². The second-order valence-corrected chi connectivity index (χ2v) is 5.84. The molecule has 116 valence electrons. The number of quaternary nitrogens is 1. The number of nitrogens with zero attached hydrogens (tertiary/aromatic N) is 2. The number of rotatable bonds is 4. The molecule has 0 aliphatic carbocycles. The third-order valence-corrected chi connectivity index (χ3v) is 4.04. The average Bonchev–Trinajstić information content (AvgIpc) is 2.93. The summed E-state index contributed by atoms with van der Waals surface area (Å²) in [6, 6.07) is 0. The van der Waals surface area contributed by atoms with E-state index in [1.807, 2.05) is 11.8 Å². The van der Waals surface area contributed by atoms with Crippen LogP contribution in [-0.2, 0) is 9.59 Å². The number of piperidine rings is 1. The molecule has 0 aromatic carbocycles. The van der Waals surface area contributed by atoms with Crippen LogP contribution in [0.3, 0.4) is 0 Å². The Morgan fingerprint density at radius 3 is 2.57 bits per heavy atom. The molecule has 0 atom stereocenters. The normalized spacial score (nSPS) is 21.6. The lowest BCUT2D eigenvalue weighted by molar-refractivity contribution is -0.884. The van der Waals surface area contributed by atoms with Gasteiger partial charge < -0.3 is 19.9 Å². The molecular formula is C12H18N4O4S. The van der Waals surface area contributed by atoms with Crippen molar-refractivity contribution in [3.8, 4) is 0 Å². The molecule has 1 aliphatic rings. The van der Waals surface area contributed by atoms with Crippen molar-refractivity contribution in [3.05, 3.63) is 18.5 Å². The first-order chi connectivity index (χ1) is 9.97. The summed E-state index contributed by atoms with van der Waals surface area (Å²) in [6.07, 6.45) is 5.09. The van der Waals surface area contributed by atoms with Crippen LogP contribution in [0.1, 0.15) is 12.8 Å². The Hall–Kier alpha value is -1.87. The molecule has 0 radical (unpaired) electrons. The van der Waals surface area contributed by atoms with Gasteiger partial charge in [-0.3, -0.25) is 5.10 Å². The van der Waals surface area contributed by atoms with E-state index < -0.39 is 11.9 Å². The number of aromatic nitrogens is 3. The lowest BCUT2D eigenvalue weighted by Gasteiger charge is -2.25. The Balaban J connectivity index is 0.000000240. The molecule has 0 amide bonds. The molecule has 0 unspecified atom stereocenters. The van der Waals surface area contributed by atoms with Gasteiger partial charge >= 0.3 is 5.97 Å². The summed E-state index contributed by atoms with van der Waals surface area (Å²) in [5, 5.41) is 25.7. The fourth-order valence-electron chi connectivity index (χ4n) is 1.75. The van der Waals surface area contributed by atoms with E-state index in [1.165, 1.54) is 25.9 Å². The second-order valence-electron chi connectivity index (χ2n) is 4.56. The molecule has 21 heavy (non-hydrogen) atoms. The molecule has 8 nitrogen and oxygen atoms in total. The van der Waals surface area contributed by atoms with E-state index in [0.29, 0.717) is 12.2 Å². The maximum absolute atomic E-state index is 9.53. The Morgan fingerprint density at radius 2 is 2.14 bits per heavy atom. The summed E-state index contributed by atoms with van der Waals surface area (Å²) in [5.74, 6) is -2.80. The maximum Gasteiger partial charge on any atom is 0.328 e. The van der Waals surface area contributed by atoms with Gasteiger partial charge in [0.1, 0.15) is 6.33 Å². The summed E-state index contributed by atoms with van der Waals surface area (Å²) in [7, 11) is 2.26. The standard InChI is InChI=1S/C8H14N4S.C4H4O4/c1-12-4-2-7(3-5-12)13-8-9-6-10-11-8;5-3(6)1-2-4(7)8/h6-7H,2-5H2,1H3,(H,9,10,11);1-2H,(H,5,6)(H,7,8)/b;2-1+. The lowest BCUT2D eigenvalue weighted by Crippen LogP contribution is -3.10. The minimum Gasteiger partial charge on any atom is -0.545 e. The topological polar surface area (TPSA) is 123 Å². The molecule has 2 heterocycles. The number of H-pyrrole nitrogens is 1. The zero-order valence-electron chi connectivity index (χ0n) is 11.6. The molecule has 0 spiro atoms. The number of carbonyl (C=O) groups is 2. The van der Waals surface area contributed by atoms with Crippen LogP contribution in [0.25, 0.3) is 0 Å². The van der Waals surface area contributed by atoms with Crippen LogP contribution in [0.5, 0.6) is 0 Å². The minimum absolute atomic E-state index is 0.447. The first-order valence-electron chi connectivity index (χ1n) is 6.42. The molecule has 0 bridgehead atoms. The molecule has 1 aromatic heterocycles. The van der Waals surface area contributed by atoms with Gasteiger partial charge in [-0.2, -0.15) is 5.10 Å². The highest BCUT2D eigenvalue weighted by Gasteiger charge is 2.20. The van der Waals surface area contributed by atoms with Gasteiger partial charge in [0.05, 0.1) is 26.1 Å². The zero-order valence-corrected chi connectivity index (χ0v) is 12.4. The number of hydrogen-bond acceptors (Lipinski definition) is 6. The summed E-state index contributed by atoms with van der Waals surface area (Å²) in [6.45, 7) is 2.57. The summed E-state index contributed by atoms with van der Waals surface area (Å²) >= 11 is 1.83. The highest BCUT2D eigenvalue weighted by molar-refractivity contribution is 7.99. The highest BCUT2D eigenvalue weighted by Crippen LogP contribution is 2.23. The number of likely N-dealkylation sites (tertiary alicyclic amines) is 1. The molecular weight excluding hydrogens is 296 g/mol. The number of carboxylic acid groups (broad SMARTS) is 2. The number of hydrogen-bond donors (Lipinski definition) is 3. The molecule has 1 aliphatic heterocycles. The zero-order chi connectivity index (χ0) is 15.7. The van der Waals surface area contributed by atoms with Crippen molar-refractivity contribution in [1.82, 2.24) is 15.2 Å². The van der Waals surface area contributed by atoms with Crippen molar-refractivity contribution in [1.29, 1.82) is 0 Å². The van der Waals surface area contributed by atoms with E-state index in [9.17, 15) is 14.7 Å². The number of carbonyl (C=O) groups excluding carboxylic acids is 1. The number of carboxylic acids is 2. The molecule has 9 heteroatoms. The predicted octanol–water partition coefficient (Wildman–Crippen LogP) is -2.05. The van der Waals surface area contributed by atoms with Crippen LogP contribution >= 0.6 is 11.8 Å². The summed E-state index contributed by atoms with van der Waals surface area (Å²) in [4.78, 5) is 24.7. The highest BCUT2D eigenvalue weighted by atomic mass is 32.2. The van der Waals surface area contributed by atoms with Gasteiger partial charge in [0, 0.05) is 24.2 Å². The SMILES string of the molecule is C[NH+]1CCC(Sc2ncn[nH]2)CC1.O=C([O-])/C=C/C(=O)O. The van der Waals surface area contributed by atoms with Crippen LogP contribution in [0.2, 0.25) is 0 Å². The van der Waals surface area contributed by atoms with Crippen LogP contribution in [0, 0.1) is 0 Å². The Kier molecular flexibility index (Phi) is 7.48. The van der Waals surface area contributed by atoms with Gasteiger partial charge in [0.25, 0.3) is 0 Å². The van der Waals surface area contributed by atoms with E-state index in [1.54, 1.807) is 11.2 Å². The number of aliphatic carboxylic acids is 2. The first kappa shape index (κ1) is 17.2. The largest absolute Gasteiger partial charge is 0.545 e. The van der Waals surface area contributed by atoms with E-state index in [4.69, 9.17) is 5.11 Å². The molecule has 1 fully saturated rings. The smallest absolute Gasteiger partial charge is 0.328 e. The van der Waals surface area contributed by atoms with E-state index >= 15 is 0 Å². The fourth-order valence-corrected chi connectivity index (χ4v) is 2.75. The Morgan fingerprint density at radius 1 is 1.48 bits per heavy atom. The van der Waals surface area contributed by atoms with Crippen molar-refractivity contribution < 1.29 is 24.7 Å². The minimum atomic E-state index is -1.51. The predicted molar refractivity (Wildman–Crippen MR) is 73.7 cm³/mol. The first-order valence-corrected chi connectivity index (χ1v) is 7.30. The van der Waals surface area contributed by atoms with Gasteiger partial charge in [0.2, 0.25) is 0 Å². The fraction of sp³-hybridized carbons (Fsp3) is 0.500.